The summed E-state index contributed by atoms with van der Waals surface area (Å²) in [5, 5.41) is 2.28. The van der Waals surface area contributed by atoms with E-state index in [1.54, 1.807) is 4.90 Å². The fourth-order valence-corrected chi connectivity index (χ4v) is 5.71. The van der Waals surface area contributed by atoms with Crippen LogP contribution in [0.3, 0.4) is 0 Å². The van der Waals surface area contributed by atoms with Crippen molar-refractivity contribution in [3.63, 3.8) is 0 Å². The summed E-state index contributed by atoms with van der Waals surface area (Å²) in [4.78, 5) is 40.9. The van der Waals surface area contributed by atoms with E-state index in [4.69, 9.17) is 9.47 Å². The standard InChI is InChI=1S/C23H20F3N3O5/c1-33-21-19-23(32)29-16-5-17(11-4-10(11)16)34-18(29)8-28(19)7-13(20(21)30)22(31)27-6-12-14(25)2-9(24)3-15(12)26/h2-3,7,10-11,16-18H,4-6,8H2,1H3,(H,27,31). The Labute approximate surface area is 191 Å². The van der Waals surface area contributed by atoms with Crippen molar-refractivity contribution in [3.05, 3.63) is 62.8 Å². The van der Waals surface area contributed by atoms with Crippen LogP contribution < -0.4 is 15.5 Å². The molecule has 5 unspecified atom stereocenters. The number of methoxy groups -OCH3 is 1. The maximum absolute atomic E-state index is 13.9. The van der Waals surface area contributed by atoms with Gasteiger partial charge in [-0.1, -0.05) is 0 Å². The Morgan fingerprint density at radius 2 is 1.91 bits per heavy atom. The van der Waals surface area contributed by atoms with Crippen molar-refractivity contribution in [2.45, 2.75) is 44.3 Å². The van der Waals surface area contributed by atoms with E-state index in [0.29, 0.717) is 24.0 Å². The van der Waals surface area contributed by atoms with Crippen LogP contribution >= 0.6 is 0 Å². The monoisotopic (exact) mass is 475 g/mol. The van der Waals surface area contributed by atoms with Gasteiger partial charge in [0.15, 0.2) is 17.7 Å². The highest BCUT2D eigenvalue weighted by molar-refractivity contribution is 5.99. The van der Waals surface area contributed by atoms with Gasteiger partial charge in [-0.3, -0.25) is 14.4 Å². The fraction of sp³-hybridized carbons (Fsp3) is 0.435. The van der Waals surface area contributed by atoms with E-state index in [9.17, 15) is 27.6 Å². The summed E-state index contributed by atoms with van der Waals surface area (Å²) in [7, 11) is 1.23. The highest BCUT2D eigenvalue weighted by atomic mass is 19.1. The third kappa shape index (κ3) is 2.99. The number of hydrogen-bond acceptors (Lipinski definition) is 5. The Bertz CT molecular complexity index is 1290. The van der Waals surface area contributed by atoms with Gasteiger partial charge >= 0.3 is 0 Å². The zero-order chi connectivity index (χ0) is 23.9. The highest BCUT2D eigenvalue weighted by Crippen LogP contribution is 2.58. The van der Waals surface area contributed by atoms with E-state index < -0.39 is 47.1 Å². The van der Waals surface area contributed by atoms with Gasteiger partial charge in [0, 0.05) is 36.5 Å². The number of benzene rings is 1. The predicted octanol–water partition coefficient (Wildman–Crippen LogP) is 1.79. The van der Waals surface area contributed by atoms with E-state index in [1.807, 2.05) is 0 Å². The summed E-state index contributed by atoms with van der Waals surface area (Å²) >= 11 is 0. The van der Waals surface area contributed by atoms with Crippen LogP contribution in [-0.4, -0.2) is 46.8 Å². The zero-order valence-electron chi connectivity index (χ0n) is 18.0. The number of carbonyl (C=O) groups excluding carboxylic acids is 2. The minimum Gasteiger partial charge on any atom is -0.491 e. The van der Waals surface area contributed by atoms with Crippen LogP contribution in [0.15, 0.2) is 23.1 Å². The number of nitrogens with zero attached hydrogens (tertiary/aromatic N) is 2. The van der Waals surface area contributed by atoms with E-state index >= 15 is 0 Å². The molecule has 6 rings (SSSR count). The fourth-order valence-electron chi connectivity index (χ4n) is 5.71. The molecule has 1 aromatic carbocycles. The Balaban J connectivity index is 1.32. The summed E-state index contributed by atoms with van der Waals surface area (Å²) in [5.41, 5.74) is -1.67. The maximum atomic E-state index is 13.9. The number of aromatic nitrogens is 1. The van der Waals surface area contributed by atoms with Crippen molar-refractivity contribution in [2.24, 2.45) is 11.8 Å². The SMILES string of the molecule is COc1c2n(cc(C(=O)NCc3c(F)cc(F)cc3F)c1=O)CC1OC3CC(C4CC34)N1C2=O. The first-order valence-electron chi connectivity index (χ1n) is 11.0. The number of hydrogen-bond donors (Lipinski definition) is 1. The minimum atomic E-state index is -1.16. The number of fused-ring (bicyclic) bond motifs is 8. The molecule has 2 saturated carbocycles. The molecule has 4 aliphatic rings. The molecule has 0 radical (unpaired) electrons. The molecule has 2 bridgehead atoms. The van der Waals surface area contributed by atoms with Crippen molar-refractivity contribution in [1.29, 1.82) is 0 Å². The van der Waals surface area contributed by atoms with Gasteiger partial charge < -0.3 is 24.3 Å². The molecule has 1 N–H and O–H groups in total. The Morgan fingerprint density at radius 3 is 2.62 bits per heavy atom. The molecular weight excluding hydrogens is 455 g/mol. The first kappa shape index (κ1) is 21.2. The molecule has 5 atom stereocenters. The summed E-state index contributed by atoms with van der Waals surface area (Å²) < 4.78 is 53.8. The van der Waals surface area contributed by atoms with Crippen LogP contribution in [-0.2, 0) is 17.8 Å². The molecule has 2 amide bonds. The quantitative estimate of drug-likeness (QED) is 0.729. The van der Waals surface area contributed by atoms with Crippen LogP contribution in [0.1, 0.15) is 39.3 Å². The molecule has 1 saturated heterocycles. The third-order valence-corrected chi connectivity index (χ3v) is 7.34. The molecule has 8 nitrogen and oxygen atoms in total. The smallest absolute Gasteiger partial charge is 0.276 e. The Morgan fingerprint density at radius 1 is 1.18 bits per heavy atom. The van der Waals surface area contributed by atoms with Crippen molar-refractivity contribution in [2.75, 3.05) is 7.11 Å². The molecule has 2 aliphatic carbocycles. The van der Waals surface area contributed by atoms with Gasteiger partial charge in [-0.2, -0.15) is 0 Å². The number of nitrogens with one attached hydrogen (secondary N) is 1. The second-order valence-corrected chi connectivity index (χ2v) is 9.14. The first-order valence-corrected chi connectivity index (χ1v) is 11.0. The number of halogens is 3. The van der Waals surface area contributed by atoms with Gasteiger partial charge in [-0.05, 0) is 24.7 Å². The van der Waals surface area contributed by atoms with E-state index in [2.05, 4.69) is 5.32 Å². The van der Waals surface area contributed by atoms with Gasteiger partial charge in [0.05, 0.1) is 19.8 Å². The number of rotatable bonds is 4. The normalized spacial score (nSPS) is 28.2. The van der Waals surface area contributed by atoms with Gasteiger partial charge in [0.25, 0.3) is 11.8 Å². The largest absolute Gasteiger partial charge is 0.491 e. The van der Waals surface area contributed by atoms with Gasteiger partial charge in [0.2, 0.25) is 5.43 Å². The molecule has 3 heterocycles. The number of ether oxygens (including phenoxy) is 2. The van der Waals surface area contributed by atoms with Crippen LogP contribution in [0, 0.1) is 29.3 Å². The second kappa shape index (κ2) is 7.33. The average molecular weight is 475 g/mol. The topological polar surface area (TPSA) is 89.9 Å². The number of carbonyl (C=O) groups is 2. The molecule has 2 aromatic rings. The maximum Gasteiger partial charge on any atom is 0.276 e. The number of amides is 2. The number of pyridine rings is 1. The van der Waals surface area contributed by atoms with Crippen molar-refractivity contribution >= 4 is 11.8 Å². The summed E-state index contributed by atoms with van der Waals surface area (Å²) in [6.07, 6.45) is 2.64. The van der Waals surface area contributed by atoms with Gasteiger partial charge in [-0.25, -0.2) is 13.2 Å². The third-order valence-electron chi connectivity index (χ3n) is 7.34. The molecule has 34 heavy (non-hydrogen) atoms. The lowest BCUT2D eigenvalue weighted by molar-refractivity contribution is -0.144. The Kier molecular flexibility index (Phi) is 4.57. The van der Waals surface area contributed by atoms with E-state index in [0.717, 1.165) is 12.8 Å². The van der Waals surface area contributed by atoms with E-state index in [1.165, 1.54) is 17.9 Å². The van der Waals surface area contributed by atoms with Crippen LogP contribution in [0.4, 0.5) is 13.2 Å². The molecule has 11 heteroatoms. The van der Waals surface area contributed by atoms with E-state index in [-0.39, 0.29) is 41.6 Å². The van der Waals surface area contributed by atoms with Crippen molar-refractivity contribution in [1.82, 2.24) is 14.8 Å². The summed E-state index contributed by atoms with van der Waals surface area (Å²) in [5.74, 6) is -4.11. The minimum absolute atomic E-state index is 0.0436. The highest BCUT2D eigenvalue weighted by Gasteiger charge is 2.63. The van der Waals surface area contributed by atoms with Crippen molar-refractivity contribution < 1.29 is 32.2 Å². The molecule has 3 fully saturated rings. The molecule has 178 valence electrons. The molecular formula is C23H20F3N3O5. The van der Waals surface area contributed by atoms with Crippen LogP contribution in [0.5, 0.6) is 5.75 Å². The van der Waals surface area contributed by atoms with Gasteiger partial charge in [0.1, 0.15) is 23.0 Å². The van der Waals surface area contributed by atoms with Gasteiger partial charge in [-0.15, -0.1) is 0 Å². The first-order chi connectivity index (χ1) is 16.3. The van der Waals surface area contributed by atoms with Crippen LogP contribution in [0.2, 0.25) is 0 Å². The summed E-state index contributed by atoms with van der Waals surface area (Å²) in [6.45, 7) is -0.392. The predicted molar refractivity (Wildman–Crippen MR) is 110 cm³/mol. The summed E-state index contributed by atoms with van der Waals surface area (Å²) in [6, 6.07) is 1.07. The second-order valence-electron chi connectivity index (χ2n) is 9.14. The van der Waals surface area contributed by atoms with Crippen LogP contribution in [0.25, 0.3) is 0 Å². The average Bonchev–Trinajstić information content (AvgIpc) is 3.53. The zero-order valence-corrected chi connectivity index (χ0v) is 18.0. The Hall–Kier alpha value is -3.34. The van der Waals surface area contributed by atoms with Crippen molar-refractivity contribution in [3.8, 4) is 5.75 Å². The molecule has 0 spiro atoms. The lowest BCUT2D eigenvalue weighted by Crippen LogP contribution is -2.58. The lowest BCUT2D eigenvalue weighted by Gasteiger charge is -2.45. The lowest BCUT2D eigenvalue weighted by atomic mass is 10.0. The molecule has 2 aliphatic heterocycles. The molecule has 1 aromatic heterocycles.